The Labute approximate surface area is 102 Å². The summed E-state index contributed by atoms with van der Waals surface area (Å²) in [6.45, 7) is 2.13. The molecule has 0 unspecified atom stereocenters. The van der Waals surface area contributed by atoms with Crippen LogP contribution in [-0.4, -0.2) is 11.0 Å². The molecule has 1 rings (SSSR count). The van der Waals surface area contributed by atoms with Gasteiger partial charge < -0.3 is 5.11 Å². The summed E-state index contributed by atoms with van der Waals surface area (Å²) in [5.74, 6) is 5.15. The van der Waals surface area contributed by atoms with Crippen molar-refractivity contribution in [3.8, 4) is 5.75 Å². The number of hydrogen-bond donors (Lipinski definition) is 3. The number of nitrogens with two attached hydrogens (primary N) is 1. The lowest BCUT2D eigenvalue weighted by Crippen LogP contribution is -2.30. The fourth-order valence-corrected chi connectivity index (χ4v) is 1.78. The number of benzene rings is 1. The molecule has 0 spiro atoms. The Morgan fingerprint density at radius 2 is 2.12 bits per heavy atom. The number of phenols is 1. The molecule has 17 heavy (non-hydrogen) atoms. The molecular formula is C13H20N2O2. The van der Waals surface area contributed by atoms with Gasteiger partial charge in [0.1, 0.15) is 5.75 Å². The lowest BCUT2D eigenvalue weighted by Gasteiger charge is -2.09. The van der Waals surface area contributed by atoms with Crippen molar-refractivity contribution in [3.63, 3.8) is 0 Å². The van der Waals surface area contributed by atoms with Gasteiger partial charge >= 0.3 is 0 Å². The van der Waals surface area contributed by atoms with Crippen LogP contribution >= 0.6 is 0 Å². The van der Waals surface area contributed by atoms with E-state index in [-0.39, 0.29) is 11.7 Å². The lowest BCUT2D eigenvalue weighted by atomic mass is 9.98. The third-order valence-corrected chi connectivity index (χ3v) is 2.77. The summed E-state index contributed by atoms with van der Waals surface area (Å²) >= 11 is 0. The molecular weight excluding hydrogens is 216 g/mol. The van der Waals surface area contributed by atoms with Gasteiger partial charge in [-0.25, -0.2) is 5.84 Å². The first-order valence-corrected chi connectivity index (χ1v) is 5.97. The lowest BCUT2D eigenvalue weighted by molar-refractivity contribution is -0.121. The van der Waals surface area contributed by atoms with Crippen molar-refractivity contribution in [1.82, 2.24) is 5.43 Å². The Hall–Kier alpha value is -1.55. The summed E-state index contributed by atoms with van der Waals surface area (Å²) < 4.78 is 0. The first-order chi connectivity index (χ1) is 8.17. The van der Waals surface area contributed by atoms with Crippen molar-refractivity contribution in [1.29, 1.82) is 0 Å². The molecule has 0 aliphatic rings. The van der Waals surface area contributed by atoms with Crippen LogP contribution < -0.4 is 11.3 Å². The van der Waals surface area contributed by atoms with Gasteiger partial charge in [0.05, 0.1) is 0 Å². The van der Waals surface area contributed by atoms with Gasteiger partial charge in [-0.2, -0.15) is 0 Å². The number of phenolic OH excluding ortho intramolecular Hbond substituents is 1. The zero-order valence-electron chi connectivity index (χ0n) is 10.2. The summed E-state index contributed by atoms with van der Waals surface area (Å²) in [6, 6.07) is 5.32. The summed E-state index contributed by atoms with van der Waals surface area (Å²) in [4.78, 5) is 11.1. The molecule has 0 heterocycles. The predicted molar refractivity (Wildman–Crippen MR) is 67.4 cm³/mol. The maximum atomic E-state index is 11.1. The van der Waals surface area contributed by atoms with Gasteiger partial charge in [0, 0.05) is 6.42 Å². The van der Waals surface area contributed by atoms with E-state index in [0.29, 0.717) is 12.8 Å². The highest BCUT2D eigenvalue weighted by atomic mass is 16.3. The average molecular weight is 236 g/mol. The zero-order chi connectivity index (χ0) is 12.7. The number of carbonyl (C=O) groups is 1. The Morgan fingerprint density at radius 3 is 2.76 bits per heavy atom. The summed E-state index contributed by atoms with van der Waals surface area (Å²) in [5.41, 5.74) is 4.35. The molecule has 0 aliphatic carbocycles. The molecule has 94 valence electrons. The minimum Gasteiger partial charge on any atom is -0.508 e. The first-order valence-electron chi connectivity index (χ1n) is 5.97. The van der Waals surface area contributed by atoms with Crippen molar-refractivity contribution < 1.29 is 9.90 Å². The summed E-state index contributed by atoms with van der Waals surface area (Å²) in [5, 5.41) is 9.46. The van der Waals surface area contributed by atoms with Crippen molar-refractivity contribution in [2.45, 2.75) is 39.0 Å². The standard InChI is InChI=1S/C13H20N2O2/c1-2-3-4-11-9-12(16)7-5-10(11)6-8-13(17)15-14/h5,7,9,16H,2-4,6,8,14H2,1H3,(H,15,17). The molecule has 0 aromatic heterocycles. The number of unbranched alkanes of at least 4 members (excludes halogenated alkanes) is 1. The van der Waals surface area contributed by atoms with E-state index in [4.69, 9.17) is 5.84 Å². The van der Waals surface area contributed by atoms with E-state index in [1.807, 2.05) is 6.07 Å². The monoisotopic (exact) mass is 236 g/mol. The zero-order valence-corrected chi connectivity index (χ0v) is 10.2. The largest absolute Gasteiger partial charge is 0.508 e. The Bertz CT molecular complexity index is 378. The minimum absolute atomic E-state index is 0.167. The van der Waals surface area contributed by atoms with Crippen LogP contribution in [-0.2, 0) is 17.6 Å². The molecule has 1 aromatic rings. The van der Waals surface area contributed by atoms with Gasteiger partial charge in [-0.1, -0.05) is 19.4 Å². The number of aryl methyl sites for hydroxylation is 2. The number of carbonyl (C=O) groups excluding carboxylic acids is 1. The average Bonchev–Trinajstić information content (AvgIpc) is 2.34. The second kappa shape index (κ2) is 6.91. The maximum Gasteiger partial charge on any atom is 0.234 e. The molecule has 1 amide bonds. The molecule has 4 nitrogen and oxygen atoms in total. The molecule has 0 saturated heterocycles. The number of amides is 1. The van der Waals surface area contributed by atoms with E-state index in [2.05, 4.69) is 12.3 Å². The van der Waals surface area contributed by atoms with E-state index in [1.165, 1.54) is 0 Å². The van der Waals surface area contributed by atoms with Crippen LogP contribution in [0.25, 0.3) is 0 Å². The number of aromatic hydroxyl groups is 1. The third kappa shape index (κ3) is 4.44. The minimum atomic E-state index is -0.167. The molecule has 4 heteroatoms. The molecule has 0 radical (unpaired) electrons. The third-order valence-electron chi connectivity index (χ3n) is 2.77. The SMILES string of the molecule is CCCCc1cc(O)ccc1CCC(=O)NN. The predicted octanol–water partition coefficient (Wildman–Crippen LogP) is 1.66. The van der Waals surface area contributed by atoms with Gasteiger partial charge in [0.25, 0.3) is 0 Å². The molecule has 0 fully saturated rings. The van der Waals surface area contributed by atoms with Crippen LogP contribution in [0.3, 0.4) is 0 Å². The van der Waals surface area contributed by atoms with Crippen molar-refractivity contribution in [2.24, 2.45) is 5.84 Å². The van der Waals surface area contributed by atoms with Gasteiger partial charge in [0.15, 0.2) is 0 Å². The number of hydrogen-bond acceptors (Lipinski definition) is 3. The molecule has 4 N–H and O–H groups in total. The van der Waals surface area contributed by atoms with Crippen molar-refractivity contribution in [2.75, 3.05) is 0 Å². The van der Waals surface area contributed by atoms with E-state index in [0.717, 1.165) is 30.4 Å². The van der Waals surface area contributed by atoms with Gasteiger partial charge in [-0.05, 0) is 42.5 Å². The quantitative estimate of drug-likeness (QED) is 0.399. The summed E-state index contributed by atoms with van der Waals surface area (Å²) in [6.07, 6.45) is 4.16. The van der Waals surface area contributed by atoms with Crippen LogP contribution in [0.1, 0.15) is 37.3 Å². The Morgan fingerprint density at radius 1 is 1.35 bits per heavy atom. The smallest absolute Gasteiger partial charge is 0.234 e. The van der Waals surface area contributed by atoms with Crippen LogP contribution in [0, 0.1) is 0 Å². The molecule has 0 bridgehead atoms. The maximum absolute atomic E-state index is 11.1. The van der Waals surface area contributed by atoms with Gasteiger partial charge in [-0.3, -0.25) is 10.2 Å². The molecule has 0 saturated carbocycles. The Balaban J connectivity index is 2.71. The highest BCUT2D eigenvalue weighted by Gasteiger charge is 2.06. The van der Waals surface area contributed by atoms with Crippen LogP contribution in [0.2, 0.25) is 0 Å². The number of rotatable bonds is 6. The number of hydrazine groups is 1. The number of nitrogens with one attached hydrogen (secondary N) is 1. The molecule has 1 aromatic carbocycles. The highest BCUT2D eigenvalue weighted by molar-refractivity contribution is 5.75. The van der Waals surface area contributed by atoms with Gasteiger partial charge in [0.2, 0.25) is 5.91 Å². The summed E-state index contributed by atoms with van der Waals surface area (Å²) in [7, 11) is 0. The van der Waals surface area contributed by atoms with Crippen LogP contribution in [0.15, 0.2) is 18.2 Å². The molecule has 0 atom stereocenters. The highest BCUT2D eigenvalue weighted by Crippen LogP contribution is 2.20. The van der Waals surface area contributed by atoms with E-state index in [9.17, 15) is 9.90 Å². The Kier molecular flexibility index (Phi) is 5.49. The van der Waals surface area contributed by atoms with E-state index >= 15 is 0 Å². The van der Waals surface area contributed by atoms with Crippen molar-refractivity contribution in [3.05, 3.63) is 29.3 Å². The second-order valence-electron chi connectivity index (χ2n) is 4.12. The van der Waals surface area contributed by atoms with Gasteiger partial charge in [-0.15, -0.1) is 0 Å². The van der Waals surface area contributed by atoms with Crippen LogP contribution in [0.5, 0.6) is 5.75 Å². The fraction of sp³-hybridized carbons (Fsp3) is 0.462. The second-order valence-corrected chi connectivity index (χ2v) is 4.12. The van der Waals surface area contributed by atoms with E-state index in [1.54, 1.807) is 12.1 Å². The van der Waals surface area contributed by atoms with Crippen molar-refractivity contribution >= 4 is 5.91 Å². The van der Waals surface area contributed by atoms with Crippen LogP contribution in [0.4, 0.5) is 0 Å². The molecule has 0 aliphatic heterocycles. The topological polar surface area (TPSA) is 75.3 Å². The fourth-order valence-electron chi connectivity index (χ4n) is 1.78. The first kappa shape index (κ1) is 13.5. The van der Waals surface area contributed by atoms with E-state index < -0.39 is 0 Å². The normalized spacial score (nSPS) is 10.2.